The van der Waals surface area contributed by atoms with Crippen molar-refractivity contribution < 1.29 is 19.1 Å². The number of para-hydroxylation sites is 1. The van der Waals surface area contributed by atoms with E-state index in [1.54, 1.807) is 19.2 Å². The van der Waals surface area contributed by atoms with Gasteiger partial charge in [0.1, 0.15) is 0 Å². The van der Waals surface area contributed by atoms with E-state index < -0.39 is 0 Å². The van der Waals surface area contributed by atoms with Gasteiger partial charge in [-0.25, -0.2) is 0 Å². The number of ether oxygens (including phenoxy) is 2. The molecule has 0 spiro atoms. The van der Waals surface area contributed by atoms with Crippen LogP contribution in [-0.2, 0) is 11.3 Å². The minimum Gasteiger partial charge on any atom is -0.493 e. The highest BCUT2D eigenvalue weighted by atomic mass is 32.1. The lowest BCUT2D eigenvalue weighted by molar-refractivity contribution is -0.117. The summed E-state index contributed by atoms with van der Waals surface area (Å²) in [6, 6.07) is 9.25. The number of thiophene rings is 1. The molecule has 0 saturated heterocycles. The van der Waals surface area contributed by atoms with Crippen LogP contribution in [0.15, 0.2) is 30.3 Å². The zero-order chi connectivity index (χ0) is 20.2. The van der Waals surface area contributed by atoms with Gasteiger partial charge in [-0.2, -0.15) is 0 Å². The summed E-state index contributed by atoms with van der Waals surface area (Å²) in [5.74, 6) is 1.41. The van der Waals surface area contributed by atoms with E-state index in [1.807, 2.05) is 18.2 Å². The molecule has 2 aromatic rings. The molecule has 2 saturated carbocycles. The third kappa shape index (κ3) is 4.90. The minimum atomic E-state index is -0.170. The van der Waals surface area contributed by atoms with Gasteiger partial charge < -0.3 is 20.1 Å². The average Bonchev–Trinajstić information content (AvgIpc) is 3.27. The van der Waals surface area contributed by atoms with Crippen LogP contribution in [0.1, 0.15) is 53.8 Å². The number of anilines is 1. The number of amides is 2. The topological polar surface area (TPSA) is 76.7 Å². The average molecular weight is 415 g/mol. The maximum Gasteiger partial charge on any atom is 0.261 e. The molecule has 2 aliphatic rings. The number of carbonyl (C=O) groups excluding carboxylic acids is 2. The number of carbonyl (C=O) groups is 2. The summed E-state index contributed by atoms with van der Waals surface area (Å²) in [7, 11) is 1.63. The van der Waals surface area contributed by atoms with E-state index in [9.17, 15) is 9.59 Å². The highest BCUT2D eigenvalue weighted by Crippen LogP contribution is 2.35. The quantitative estimate of drug-likeness (QED) is 0.673. The molecule has 154 valence electrons. The molecule has 1 aromatic carbocycles. The number of hydrogen-bond donors (Lipinski definition) is 2. The lowest BCUT2D eigenvalue weighted by Gasteiger charge is -2.19. The van der Waals surface area contributed by atoms with Crippen LogP contribution in [0.2, 0.25) is 0 Å². The summed E-state index contributed by atoms with van der Waals surface area (Å²) in [4.78, 5) is 25.0. The van der Waals surface area contributed by atoms with Gasteiger partial charge in [0.15, 0.2) is 11.5 Å². The Bertz CT molecular complexity index is 885. The van der Waals surface area contributed by atoms with Crippen molar-refractivity contribution in [1.29, 1.82) is 0 Å². The van der Waals surface area contributed by atoms with E-state index >= 15 is 0 Å². The lowest BCUT2D eigenvalue weighted by atomic mass is 10.1. The third-order valence-corrected chi connectivity index (χ3v) is 6.33. The van der Waals surface area contributed by atoms with Crippen LogP contribution in [-0.4, -0.2) is 25.0 Å². The second-order valence-corrected chi connectivity index (χ2v) is 8.67. The standard InChI is InChI=1S/C22H26N2O4S/c1-27-17-8-4-5-15(20(17)28-16-6-2-3-7-16)13-23-22(26)18-11-12-19(29-18)24-21(25)14-9-10-14/h4-5,8,11-12,14,16H,2-3,6-7,9-10,13H2,1H3,(H,23,26)(H,24,25). The fourth-order valence-electron chi connectivity index (χ4n) is 3.53. The molecule has 2 N–H and O–H groups in total. The second-order valence-electron chi connectivity index (χ2n) is 7.58. The molecule has 29 heavy (non-hydrogen) atoms. The Morgan fingerprint density at radius 2 is 1.90 bits per heavy atom. The van der Waals surface area contributed by atoms with E-state index in [4.69, 9.17) is 9.47 Å². The highest BCUT2D eigenvalue weighted by Gasteiger charge is 2.30. The molecular formula is C22H26N2O4S. The van der Waals surface area contributed by atoms with Crippen LogP contribution >= 0.6 is 11.3 Å². The van der Waals surface area contributed by atoms with Crippen molar-refractivity contribution in [3.05, 3.63) is 40.8 Å². The van der Waals surface area contributed by atoms with Crippen molar-refractivity contribution in [2.24, 2.45) is 5.92 Å². The number of hydrogen-bond acceptors (Lipinski definition) is 5. The van der Waals surface area contributed by atoms with Crippen LogP contribution < -0.4 is 20.1 Å². The van der Waals surface area contributed by atoms with Crippen molar-refractivity contribution in [2.45, 2.75) is 51.2 Å². The van der Waals surface area contributed by atoms with E-state index in [2.05, 4.69) is 10.6 Å². The van der Waals surface area contributed by atoms with Crippen molar-refractivity contribution in [1.82, 2.24) is 5.32 Å². The van der Waals surface area contributed by atoms with Gasteiger partial charge in [-0.1, -0.05) is 12.1 Å². The summed E-state index contributed by atoms with van der Waals surface area (Å²) in [5, 5.41) is 6.54. The maximum atomic E-state index is 12.6. The Balaban J connectivity index is 1.39. The molecule has 2 aliphatic carbocycles. The van der Waals surface area contributed by atoms with Gasteiger partial charge in [-0.15, -0.1) is 11.3 Å². The predicted octanol–water partition coefficient (Wildman–Crippen LogP) is 4.36. The number of rotatable bonds is 8. The van der Waals surface area contributed by atoms with E-state index in [0.29, 0.717) is 27.9 Å². The van der Waals surface area contributed by atoms with Crippen LogP contribution in [0.4, 0.5) is 5.00 Å². The van der Waals surface area contributed by atoms with Gasteiger partial charge >= 0.3 is 0 Å². The van der Waals surface area contributed by atoms with Crippen molar-refractivity contribution in [3.63, 3.8) is 0 Å². The molecule has 6 nitrogen and oxygen atoms in total. The number of benzene rings is 1. The SMILES string of the molecule is COc1cccc(CNC(=O)c2ccc(NC(=O)C3CC3)s2)c1OC1CCCC1. The van der Waals surface area contributed by atoms with Gasteiger partial charge in [0.05, 0.1) is 23.1 Å². The fourth-order valence-corrected chi connectivity index (χ4v) is 4.35. The van der Waals surface area contributed by atoms with Crippen molar-refractivity contribution in [3.8, 4) is 11.5 Å². The number of methoxy groups -OCH3 is 1. The lowest BCUT2D eigenvalue weighted by Crippen LogP contribution is -2.23. The predicted molar refractivity (Wildman–Crippen MR) is 113 cm³/mol. The second kappa shape index (κ2) is 8.86. The fraction of sp³-hybridized carbons (Fsp3) is 0.455. The first-order valence-corrected chi connectivity index (χ1v) is 11.0. The maximum absolute atomic E-state index is 12.6. The summed E-state index contributed by atoms with van der Waals surface area (Å²) < 4.78 is 11.7. The Morgan fingerprint density at radius 3 is 2.62 bits per heavy atom. The molecule has 4 rings (SSSR count). The van der Waals surface area contributed by atoms with Crippen LogP contribution in [0.25, 0.3) is 0 Å². The third-order valence-electron chi connectivity index (χ3n) is 5.33. The van der Waals surface area contributed by atoms with Gasteiger partial charge in [0.25, 0.3) is 5.91 Å². The Hall–Kier alpha value is -2.54. The summed E-state index contributed by atoms with van der Waals surface area (Å²) in [6.45, 7) is 0.347. The van der Waals surface area contributed by atoms with Crippen LogP contribution in [0.5, 0.6) is 11.5 Å². The first-order valence-electron chi connectivity index (χ1n) is 10.2. The van der Waals surface area contributed by atoms with E-state index in [1.165, 1.54) is 24.2 Å². The van der Waals surface area contributed by atoms with E-state index in [-0.39, 0.29) is 23.8 Å². The zero-order valence-corrected chi connectivity index (χ0v) is 17.3. The number of nitrogens with one attached hydrogen (secondary N) is 2. The largest absolute Gasteiger partial charge is 0.493 e. The van der Waals surface area contributed by atoms with Crippen LogP contribution in [0, 0.1) is 5.92 Å². The zero-order valence-electron chi connectivity index (χ0n) is 16.5. The monoisotopic (exact) mass is 414 g/mol. The highest BCUT2D eigenvalue weighted by molar-refractivity contribution is 7.18. The minimum absolute atomic E-state index is 0.0453. The molecule has 0 atom stereocenters. The first-order chi connectivity index (χ1) is 14.1. The smallest absolute Gasteiger partial charge is 0.261 e. The van der Waals surface area contributed by atoms with Crippen LogP contribution in [0.3, 0.4) is 0 Å². The molecule has 0 aliphatic heterocycles. The molecule has 7 heteroatoms. The molecule has 2 fully saturated rings. The molecule has 1 heterocycles. The van der Waals surface area contributed by atoms with Crippen molar-refractivity contribution in [2.75, 3.05) is 12.4 Å². The van der Waals surface area contributed by atoms with Gasteiger partial charge in [0, 0.05) is 18.0 Å². The summed E-state index contributed by atoms with van der Waals surface area (Å²) >= 11 is 1.29. The Labute approximate surface area is 174 Å². The summed E-state index contributed by atoms with van der Waals surface area (Å²) in [6.07, 6.45) is 6.58. The molecule has 2 amide bonds. The normalized spacial score (nSPS) is 16.4. The summed E-state index contributed by atoms with van der Waals surface area (Å²) in [5.41, 5.74) is 0.892. The van der Waals surface area contributed by atoms with Crippen molar-refractivity contribution >= 4 is 28.2 Å². The van der Waals surface area contributed by atoms with Gasteiger partial charge in [0.2, 0.25) is 5.91 Å². The molecule has 0 radical (unpaired) electrons. The Kier molecular flexibility index (Phi) is 6.04. The molecule has 0 bridgehead atoms. The van der Waals surface area contributed by atoms with Gasteiger partial charge in [-0.3, -0.25) is 9.59 Å². The van der Waals surface area contributed by atoms with Gasteiger partial charge in [-0.05, 0) is 56.7 Å². The molecule has 1 aromatic heterocycles. The molecule has 0 unspecified atom stereocenters. The molecular weight excluding hydrogens is 388 g/mol. The first kappa shape index (κ1) is 19.8. The van der Waals surface area contributed by atoms with E-state index in [0.717, 1.165) is 31.2 Å². The Morgan fingerprint density at radius 1 is 1.10 bits per heavy atom.